The average molecular weight is 463 g/mol. The predicted octanol–water partition coefficient (Wildman–Crippen LogP) is 3.85. The fourth-order valence-electron chi connectivity index (χ4n) is 3.31. The number of aromatic nitrogens is 2. The second kappa shape index (κ2) is 8.97. The van der Waals surface area contributed by atoms with Crippen LogP contribution < -0.4 is 10.5 Å². The number of hydrogen-bond donors (Lipinski definition) is 2. The molecule has 1 amide bonds. The number of benzene rings is 3. The van der Waals surface area contributed by atoms with E-state index in [1.165, 1.54) is 12.1 Å². The van der Waals surface area contributed by atoms with Crippen molar-refractivity contribution in [3.63, 3.8) is 0 Å². The Bertz CT molecular complexity index is 1400. The maximum Gasteiger partial charge on any atom is 0.251 e. The average Bonchev–Trinajstić information content (AvgIpc) is 3.29. The molecular weight excluding hydrogens is 440 g/mol. The monoisotopic (exact) mass is 462 g/mol. The second-order valence-corrected chi connectivity index (χ2v) is 9.23. The number of nitrogens with zero attached hydrogens (tertiary/aromatic N) is 2. The molecule has 0 radical (unpaired) electrons. The molecule has 0 aliphatic carbocycles. The number of aryl methyl sites for hydroxylation is 1. The molecule has 0 saturated carbocycles. The topological polar surface area (TPSA) is 128 Å². The minimum Gasteiger partial charge on any atom is -0.416 e. The van der Waals surface area contributed by atoms with E-state index < -0.39 is 10.0 Å². The number of primary sulfonamides is 1. The van der Waals surface area contributed by atoms with Gasteiger partial charge in [0.2, 0.25) is 21.8 Å². The molecule has 1 unspecified atom stereocenters. The van der Waals surface area contributed by atoms with E-state index in [-0.39, 0.29) is 16.8 Å². The summed E-state index contributed by atoms with van der Waals surface area (Å²) >= 11 is 0. The summed E-state index contributed by atoms with van der Waals surface area (Å²) in [6.45, 7) is 3.80. The van der Waals surface area contributed by atoms with Gasteiger partial charge in [-0.1, -0.05) is 29.8 Å². The van der Waals surface area contributed by atoms with Crippen LogP contribution in [0.2, 0.25) is 0 Å². The van der Waals surface area contributed by atoms with Crippen molar-refractivity contribution in [3.8, 4) is 22.9 Å². The Morgan fingerprint density at radius 1 is 0.939 bits per heavy atom. The lowest BCUT2D eigenvalue weighted by Crippen LogP contribution is -2.26. The van der Waals surface area contributed by atoms with Gasteiger partial charge in [-0.25, -0.2) is 13.6 Å². The number of sulfonamides is 1. The number of carbonyl (C=O) groups excluding carboxylic acids is 1. The van der Waals surface area contributed by atoms with Crippen molar-refractivity contribution in [1.29, 1.82) is 0 Å². The van der Waals surface area contributed by atoms with Crippen molar-refractivity contribution in [3.05, 3.63) is 89.5 Å². The smallest absolute Gasteiger partial charge is 0.251 e. The van der Waals surface area contributed by atoms with Gasteiger partial charge in [-0.05, 0) is 67.9 Å². The first-order valence-electron chi connectivity index (χ1n) is 10.2. The third kappa shape index (κ3) is 5.16. The Labute approximate surface area is 191 Å². The zero-order valence-electron chi connectivity index (χ0n) is 18.0. The van der Waals surface area contributed by atoms with Gasteiger partial charge in [0, 0.05) is 16.7 Å². The van der Waals surface area contributed by atoms with Gasteiger partial charge in [0.15, 0.2) is 0 Å². The van der Waals surface area contributed by atoms with Gasteiger partial charge >= 0.3 is 0 Å². The standard InChI is InChI=1S/C24H22N4O4S/c1-15-4-3-5-20(14-15)24-28-27-23(32-24)19-8-6-18(7-9-19)22(29)26-16(2)17-10-12-21(13-11-17)33(25,30)31/h3-14,16H,1-2H3,(H,26,29)(H2,25,30,31). The minimum atomic E-state index is -3.76. The molecule has 4 rings (SSSR count). The lowest BCUT2D eigenvalue weighted by Gasteiger charge is -2.15. The summed E-state index contributed by atoms with van der Waals surface area (Å²) in [5, 5.41) is 16.2. The number of nitrogens with one attached hydrogen (secondary N) is 1. The van der Waals surface area contributed by atoms with Gasteiger partial charge < -0.3 is 9.73 Å². The Morgan fingerprint density at radius 2 is 1.58 bits per heavy atom. The fraction of sp³-hybridized carbons (Fsp3) is 0.125. The van der Waals surface area contributed by atoms with Gasteiger partial charge in [0.25, 0.3) is 5.91 Å². The third-order valence-corrected chi connectivity index (χ3v) is 6.07. The first-order valence-corrected chi connectivity index (χ1v) is 11.7. The maximum absolute atomic E-state index is 12.6. The van der Waals surface area contributed by atoms with Crippen molar-refractivity contribution >= 4 is 15.9 Å². The van der Waals surface area contributed by atoms with Gasteiger partial charge in [0.05, 0.1) is 10.9 Å². The first-order chi connectivity index (χ1) is 15.7. The summed E-state index contributed by atoms with van der Waals surface area (Å²) in [5.41, 5.74) is 3.85. The molecule has 4 aromatic rings. The Balaban J connectivity index is 1.44. The molecule has 0 saturated heterocycles. The highest BCUT2D eigenvalue weighted by Gasteiger charge is 2.15. The fourth-order valence-corrected chi connectivity index (χ4v) is 3.82. The van der Waals surface area contributed by atoms with Crippen LogP contribution in [0.4, 0.5) is 0 Å². The number of rotatable bonds is 6. The van der Waals surface area contributed by atoms with Crippen molar-refractivity contribution in [2.24, 2.45) is 5.14 Å². The zero-order chi connectivity index (χ0) is 23.6. The molecule has 33 heavy (non-hydrogen) atoms. The van der Waals surface area contributed by atoms with E-state index in [0.717, 1.165) is 16.7 Å². The second-order valence-electron chi connectivity index (χ2n) is 7.67. The molecule has 8 nitrogen and oxygen atoms in total. The van der Waals surface area contributed by atoms with E-state index >= 15 is 0 Å². The first kappa shape index (κ1) is 22.4. The van der Waals surface area contributed by atoms with Gasteiger partial charge in [0.1, 0.15) is 0 Å². The SMILES string of the molecule is Cc1cccc(-c2nnc(-c3ccc(C(=O)NC(C)c4ccc(S(N)(=O)=O)cc4)cc3)o2)c1. The summed E-state index contributed by atoms with van der Waals surface area (Å²) in [4.78, 5) is 12.7. The van der Waals surface area contributed by atoms with Crippen molar-refractivity contribution in [1.82, 2.24) is 15.5 Å². The van der Waals surface area contributed by atoms with Crippen LogP contribution in [0.5, 0.6) is 0 Å². The van der Waals surface area contributed by atoms with Crippen LogP contribution in [-0.4, -0.2) is 24.5 Å². The van der Waals surface area contributed by atoms with E-state index in [1.807, 2.05) is 38.1 Å². The van der Waals surface area contributed by atoms with Crippen molar-refractivity contribution in [2.75, 3.05) is 0 Å². The predicted molar refractivity (Wildman–Crippen MR) is 124 cm³/mol. The van der Waals surface area contributed by atoms with E-state index in [9.17, 15) is 13.2 Å². The molecule has 1 aromatic heterocycles. The molecule has 9 heteroatoms. The van der Waals surface area contributed by atoms with Crippen molar-refractivity contribution in [2.45, 2.75) is 24.8 Å². The molecular formula is C24H22N4O4S. The summed E-state index contributed by atoms with van der Waals surface area (Å²) in [6, 6.07) is 20.4. The van der Waals surface area contributed by atoms with Crippen LogP contribution >= 0.6 is 0 Å². The minimum absolute atomic E-state index is 0.0203. The molecule has 0 bridgehead atoms. The van der Waals surface area contributed by atoms with Gasteiger partial charge in [-0.2, -0.15) is 0 Å². The number of amides is 1. The summed E-state index contributed by atoms with van der Waals surface area (Å²) in [6.07, 6.45) is 0. The lowest BCUT2D eigenvalue weighted by molar-refractivity contribution is 0.0940. The molecule has 3 aromatic carbocycles. The van der Waals surface area contributed by atoms with Crippen molar-refractivity contribution < 1.29 is 17.6 Å². The van der Waals surface area contributed by atoms with E-state index in [1.54, 1.807) is 36.4 Å². The summed E-state index contributed by atoms with van der Waals surface area (Å²) in [5.74, 6) is 0.523. The van der Waals surface area contributed by atoms with Gasteiger partial charge in [-0.15, -0.1) is 10.2 Å². The molecule has 1 heterocycles. The summed E-state index contributed by atoms with van der Waals surface area (Å²) in [7, 11) is -3.76. The molecule has 0 aliphatic heterocycles. The third-order valence-electron chi connectivity index (χ3n) is 5.14. The Kier molecular flexibility index (Phi) is 6.08. The largest absolute Gasteiger partial charge is 0.416 e. The molecule has 0 spiro atoms. The Hall–Kier alpha value is -3.82. The van der Waals surface area contributed by atoms with Crippen LogP contribution in [0.15, 0.2) is 82.1 Å². The van der Waals surface area contributed by atoms with Crippen LogP contribution in [0.25, 0.3) is 22.9 Å². The highest BCUT2D eigenvalue weighted by atomic mass is 32.2. The van der Waals surface area contributed by atoms with E-state index in [4.69, 9.17) is 9.56 Å². The molecule has 3 N–H and O–H groups in total. The number of carbonyl (C=O) groups is 1. The van der Waals surface area contributed by atoms with E-state index in [2.05, 4.69) is 15.5 Å². The highest BCUT2D eigenvalue weighted by molar-refractivity contribution is 7.89. The van der Waals surface area contributed by atoms with Crippen LogP contribution in [0.3, 0.4) is 0 Å². The highest BCUT2D eigenvalue weighted by Crippen LogP contribution is 2.25. The zero-order valence-corrected chi connectivity index (χ0v) is 18.8. The van der Waals surface area contributed by atoms with Crippen LogP contribution in [0.1, 0.15) is 34.5 Å². The quantitative estimate of drug-likeness (QED) is 0.448. The normalized spacial score (nSPS) is 12.3. The Morgan fingerprint density at radius 3 is 2.18 bits per heavy atom. The lowest BCUT2D eigenvalue weighted by atomic mass is 10.1. The van der Waals surface area contributed by atoms with Crippen LogP contribution in [-0.2, 0) is 10.0 Å². The van der Waals surface area contributed by atoms with Crippen LogP contribution in [0, 0.1) is 6.92 Å². The molecule has 0 aliphatic rings. The summed E-state index contributed by atoms with van der Waals surface area (Å²) < 4.78 is 28.6. The maximum atomic E-state index is 12.6. The molecule has 1 atom stereocenters. The molecule has 0 fully saturated rings. The molecule has 168 valence electrons. The van der Waals surface area contributed by atoms with E-state index in [0.29, 0.717) is 22.9 Å². The number of nitrogens with two attached hydrogens (primary N) is 1. The van der Waals surface area contributed by atoms with Gasteiger partial charge in [-0.3, -0.25) is 4.79 Å². The number of hydrogen-bond acceptors (Lipinski definition) is 6.